The number of carbonyl (C=O) groups is 1. The van der Waals surface area contributed by atoms with E-state index in [4.69, 9.17) is 9.47 Å². The van der Waals surface area contributed by atoms with Gasteiger partial charge in [0.25, 0.3) is 5.91 Å². The number of para-hydroxylation sites is 1. The Bertz CT molecular complexity index is 770. The second-order valence-electron chi connectivity index (χ2n) is 6.92. The van der Waals surface area contributed by atoms with Crippen LogP contribution in [0.1, 0.15) is 35.7 Å². The zero-order chi connectivity index (χ0) is 19.1. The average molecular weight is 366 g/mol. The van der Waals surface area contributed by atoms with Gasteiger partial charge >= 0.3 is 0 Å². The molecule has 0 radical (unpaired) electrons. The van der Waals surface area contributed by atoms with Gasteiger partial charge in [0.15, 0.2) is 0 Å². The smallest absolute Gasteiger partial charge is 0.258 e. The number of hydrogen-bond acceptors (Lipinski definition) is 4. The lowest BCUT2D eigenvalue weighted by atomic mass is 10.1. The Balaban J connectivity index is 1.82. The van der Waals surface area contributed by atoms with Crippen molar-refractivity contribution in [2.75, 3.05) is 19.8 Å². The van der Waals surface area contributed by atoms with Crippen LogP contribution in [0.2, 0.25) is 0 Å². The Morgan fingerprint density at radius 1 is 1.30 bits per heavy atom. The molecule has 0 aliphatic carbocycles. The number of benzene rings is 1. The van der Waals surface area contributed by atoms with Gasteiger partial charge in [0.1, 0.15) is 12.4 Å². The molecule has 0 saturated carbocycles. The minimum atomic E-state index is -0.0559. The fourth-order valence-corrected chi connectivity index (χ4v) is 3.10. The van der Waals surface area contributed by atoms with Crippen molar-refractivity contribution in [1.82, 2.24) is 9.88 Å². The topological polar surface area (TPSA) is 51.7 Å². The number of pyridine rings is 1. The summed E-state index contributed by atoms with van der Waals surface area (Å²) in [7, 11) is 0. The molecule has 3 rings (SSSR count). The van der Waals surface area contributed by atoms with Crippen LogP contribution >= 0.6 is 0 Å². The largest absolute Gasteiger partial charge is 0.488 e. The number of carbonyl (C=O) groups excluding carboxylic acids is 1. The molecule has 27 heavy (non-hydrogen) atoms. The van der Waals surface area contributed by atoms with Crippen LogP contribution in [0.25, 0.3) is 0 Å². The van der Waals surface area contributed by atoms with E-state index in [1.54, 1.807) is 12.4 Å². The van der Waals surface area contributed by atoms with Crippen molar-refractivity contribution >= 4 is 5.91 Å². The summed E-state index contributed by atoms with van der Waals surface area (Å²) in [6.07, 6.45) is 5.59. The molecule has 1 aliphatic rings. The number of rotatable bonds is 8. The van der Waals surface area contributed by atoms with E-state index in [0.29, 0.717) is 31.0 Å². The summed E-state index contributed by atoms with van der Waals surface area (Å²) in [5.41, 5.74) is 2.51. The lowest BCUT2D eigenvalue weighted by molar-refractivity contribution is 0.0504. The Hall–Kier alpha value is -2.66. The molecule has 0 unspecified atom stereocenters. The molecule has 142 valence electrons. The fraction of sp³-hybridized carbons (Fsp3) is 0.364. The highest BCUT2D eigenvalue weighted by molar-refractivity contribution is 5.97. The minimum Gasteiger partial charge on any atom is -0.488 e. The summed E-state index contributed by atoms with van der Waals surface area (Å²) >= 11 is 0. The molecule has 1 saturated heterocycles. The van der Waals surface area contributed by atoms with Crippen molar-refractivity contribution < 1.29 is 14.3 Å². The van der Waals surface area contributed by atoms with Crippen LogP contribution < -0.4 is 4.74 Å². The summed E-state index contributed by atoms with van der Waals surface area (Å²) in [5.74, 6) is 0.525. The first-order valence-corrected chi connectivity index (χ1v) is 9.29. The zero-order valence-electron chi connectivity index (χ0n) is 15.8. The summed E-state index contributed by atoms with van der Waals surface area (Å²) in [6.45, 7) is 7.99. The van der Waals surface area contributed by atoms with E-state index in [-0.39, 0.29) is 12.0 Å². The number of nitrogens with zero attached hydrogens (tertiary/aromatic N) is 2. The molecule has 0 spiro atoms. The van der Waals surface area contributed by atoms with E-state index < -0.39 is 0 Å². The first-order valence-electron chi connectivity index (χ1n) is 9.29. The SMILES string of the molecule is C=C(C)COc1ccccc1C(=O)N(Cc1ccncc1)C[C@H]1CCCO1. The molecule has 1 aromatic heterocycles. The molecule has 2 aromatic rings. The predicted molar refractivity (Wildman–Crippen MR) is 105 cm³/mol. The van der Waals surface area contributed by atoms with Crippen molar-refractivity contribution in [3.8, 4) is 5.75 Å². The lowest BCUT2D eigenvalue weighted by Crippen LogP contribution is -2.37. The molecule has 1 fully saturated rings. The molecule has 1 amide bonds. The summed E-state index contributed by atoms with van der Waals surface area (Å²) < 4.78 is 11.6. The molecule has 5 nitrogen and oxygen atoms in total. The molecule has 0 bridgehead atoms. The molecular weight excluding hydrogens is 340 g/mol. The standard InChI is InChI=1S/C22H26N2O3/c1-17(2)16-27-21-8-4-3-7-20(21)22(25)24(15-19-6-5-13-26-19)14-18-9-11-23-12-10-18/h3-4,7-12,19H,1,5-6,13-16H2,2H3/t19-/m1/s1. The number of aromatic nitrogens is 1. The van der Waals surface area contributed by atoms with Gasteiger partial charge in [-0.3, -0.25) is 9.78 Å². The van der Waals surface area contributed by atoms with Crippen LogP contribution in [0.5, 0.6) is 5.75 Å². The van der Waals surface area contributed by atoms with Crippen LogP contribution in [0, 0.1) is 0 Å². The second-order valence-corrected chi connectivity index (χ2v) is 6.92. The molecule has 1 aliphatic heterocycles. The van der Waals surface area contributed by atoms with Crippen LogP contribution in [0.4, 0.5) is 0 Å². The van der Waals surface area contributed by atoms with Crippen molar-refractivity contribution in [2.45, 2.75) is 32.4 Å². The molecule has 5 heteroatoms. The van der Waals surface area contributed by atoms with E-state index >= 15 is 0 Å². The average Bonchev–Trinajstić information content (AvgIpc) is 3.19. The highest BCUT2D eigenvalue weighted by Gasteiger charge is 2.25. The summed E-state index contributed by atoms with van der Waals surface area (Å²) in [6, 6.07) is 11.2. The third-order valence-corrected chi connectivity index (χ3v) is 4.45. The number of hydrogen-bond donors (Lipinski definition) is 0. The number of amides is 1. The number of ether oxygens (including phenoxy) is 2. The van der Waals surface area contributed by atoms with Crippen molar-refractivity contribution in [3.63, 3.8) is 0 Å². The maximum atomic E-state index is 13.4. The van der Waals surface area contributed by atoms with Gasteiger partial charge in [-0.2, -0.15) is 0 Å². The third-order valence-electron chi connectivity index (χ3n) is 4.45. The summed E-state index contributed by atoms with van der Waals surface area (Å²) in [5, 5.41) is 0. The van der Waals surface area contributed by atoms with Crippen molar-refractivity contribution in [2.24, 2.45) is 0 Å². The first kappa shape index (κ1) is 19.1. The monoisotopic (exact) mass is 366 g/mol. The van der Waals surface area contributed by atoms with Crippen LogP contribution in [0.15, 0.2) is 60.9 Å². The van der Waals surface area contributed by atoms with Crippen molar-refractivity contribution in [3.05, 3.63) is 72.1 Å². The molecule has 1 aromatic carbocycles. The Labute approximate surface area is 160 Å². The zero-order valence-corrected chi connectivity index (χ0v) is 15.8. The van der Waals surface area contributed by atoms with Crippen LogP contribution in [-0.4, -0.2) is 41.7 Å². The van der Waals surface area contributed by atoms with Crippen molar-refractivity contribution in [1.29, 1.82) is 0 Å². The first-order chi connectivity index (χ1) is 13.1. The van der Waals surface area contributed by atoms with Gasteiger partial charge in [-0.15, -0.1) is 0 Å². The van der Waals surface area contributed by atoms with Gasteiger partial charge in [0.2, 0.25) is 0 Å². The molecular formula is C22H26N2O3. The van der Waals surface area contributed by atoms with E-state index in [9.17, 15) is 4.79 Å². The second kappa shape index (κ2) is 9.33. The predicted octanol–water partition coefficient (Wildman–Crippen LogP) is 3.86. The molecule has 2 heterocycles. The van der Waals surface area contributed by atoms with Crippen LogP contribution in [0.3, 0.4) is 0 Å². The summed E-state index contributed by atoms with van der Waals surface area (Å²) in [4.78, 5) is 19.3. The van der Waals surface area contributed by atoms with E-state index in [2.05, 4.69) is 11.6 Å². The van der Waals surface area contributed by atoms with Gasteiger partial charge < -0.3 is 14.4 Å². The Morgan fingerprint density at radius 2 is 2.07 bits per heavy atom. The third kappa shape index (κ3) is 5.41. The van der Waals surface area contributed by atoms with Gasteiger partial charge in [-0.25, -0.2) is 0 Å². The van der Waals surface area contributed by atoms with Crippen LogP contribution in [-0.2, 0) is 11.3 Å². The van der Waals surface area contributed by atoms with Gasteiger partial charge in [0.05, 0.1) is 11.7 Å². The molecule has 0 N–H and O–H groups in total. The maximum Gasteiger partial charge on any atom is 0.258 e. The minimum absolute atomic E-state index is 0.0559. The van der Waals surface area contributed by atoms with Gasteiger partial charge in [-0.1, -0.05) is 18.7 Å². The van der Waals surface area contributed by atoms with Gasteiger partial charge in [0, 0.05) is 32.1 Å². The Kier molecular flexibility index (Phi) is 6.60. The lowest BCUT2D eigenvalue weighted by Gasteiger charge is -2.26. The van der Waals surface area contributed by atoms with E-state index in [1.807, 2.05) is 48.2 Å². The fourth-order valence-electron chi connectivity index (χ4n) is 3.10. The highest BCUT2D eigenvalue weighted by Crippen LogP contribution is 2.23. The normalized spacial score (nSPS) is 16.1. The van der Waals surface area contributed by atoms with Gasteiger partial charge in [-0.05, 0) is 55.2 Å². The Morgan fingerprint density at radius 3 is 2.78 bits per heavy atom. The highest BCUT2D eigenvalue weighted by atomic mass is 16.5. The quantitative estimate of drug-likeness (QED) is 0.666. The van der Waals surface area contributed by atoms with E-state index in [0.717, 1.165) is 30.6 Å². The van der Waals surface area contributed by atoms with E-state index in [1.165, 1.54) is 0 Å². The maximum absolute atomic E-state index is 13.4. The molecule has 1 atom stereocenters.